The van der Waals surface area contributed by atoms with Crippen molar-refractivity contribution in [2.75, 3.05) is 37.6 Å². The maximum Gasteiger partial charge on any atom is 0.252 e. The van der Waals surface area contributed by atoms with E-state index in [2.05, 4.69) is 15.2 Å². The summed E-state index contributed by atoms with van der Waals surface area (Å²) in [6.07, 6.45) is 0. The normalized spacial score (nSPS) is 14.1. The summed E-state index contributed by atoms with van der Waals surface area (Å²) in [7, 11) is 0. The standard InChI is InChI=1S/C22H20Cl2N4O2/c23-15-5-7-16(8-6-15)27-9-11-28(12-10-27)21(29)14-25-22(30)18-13-20(24)26-19-4-2-1-3-17(18)19/h1-8,13H,9-12,14H2,(H,25,30). The zero-order valence-corrected chi connectivity index (χ0v) is 17.7. The van der Waals surface area contributed by atoms with Crippen LogP contribution in [0, 0.1) is 0 Å². The van der Waals surface area contributed by atoms with E-state index in [-0.39, 0.29) is 23.5 Å². The molecule has 4 rings (SSSR count). The quantitative estimate of drug-likeness (QED) is 0.626. The van der Waals surface area contributed by atoms with Gasteiger partial charge in [-0.3, -0.25) is 9.59 Å². The van der Waals surface area contributed by atoms with Crippen LogP contribution in [0.3, 0.4) is 0 Å². The van der Waals surface area contributed by atoms with Gasteiger partial charge in [0.2, 0.25) is 5.91 Å². The predicted molar refractivity (Wildman–Crippen MR) is 119 cm³/mol. The van der Waals surface area contributed by atoms with Gasteiger partial charge in [-0.05, 0) is 36.4 Å². The molecule has 0 spiro atoms. The topological polar surface area (TPSA) is 65.5 Å². The van der Waals surface area contributed by atoms with E-state index in [1.165, 1.54) is 6.07 Å². The van der Waals surface area contributed by atoms with Crippen molar-refractivity contribution >= 4 is 51.6 Å². The van der Waals surface area contributed by atoms with E-state index in [0.29, 0.717) is 34.6 Å². The first kappa shape index (κ1) is 20.4. The number of hydrogen-bond acceptors (Lipinski definition) is 4. The van der Waals surface area contributed by atoms with E-state index in [1.807, 2.05) is 42.5 Å². The number of amides is 2. The Labute approximate surface area is 184 Å². The lowest BCUT2D eigenvalue weighted by Crippen LogP contribution is -2.51. The average molecular weight is 443 g/mol. The number of pyridine rings is 1. The fourth-order valence-corrected chi connectivity index (χ4v) is 3.89. The Balaban J connectivity index is 1.34. The number of fused-ring (bicyclic) bond motifs is 1. The summed E-state index contributed by atoms with van der Waals surface area (Å²) in [5.74, 6) is -0.452. The lowest BCUT2D eigenvalue weighted by molar-refractivity contribution is -0.130. The van der Waals surface area contributed by atoms with Gasteiger partial charge in [0, 0.05) is 42.3 Å². The molecule has 30 heavy (non-hydrogen) atoms. The molecule has 154 valence electrons. The zero-order chi connectivity index (χ0) is 21.1. The predicted octanol–water partition coefficient (Wildman–Crippen LogP) is 3.62. The second kappa shape index (κ2) is 8.90. The number of rotatable bonds is 4. The van der Waals surface area contributed by atoms with Crippen molar-refractivity contribution in [1.29, 1.82) is 0 Å². The molecule has 0 atom stereocenters. The summed E-state index contributed by atoms with van der Waals surface area (Å²) in [6.45, 7) is 2.59. The van der Waals surface area contributed by atoms with Crippen LogP contribution in [-0.4, -0.2) is 54.4 Å². The fourth-order valence-electron chi connectivity index (χ4n) is 3.56. The first-order valence-electron chi connectivity index (χ1n) is 9.63. The molecule has 0 bridgehead atoms. The van der Waals surface area contributed by atoms with Crippen LogP contribution in [0.2, 0.25) is 10.2 Å². The Kier molecular flexibility index (Phi) is 6.06. The van der Waals surface area contributed by atoms with Gasteiger partial charge in [0.15, 0.2) is 0 Å². The molecule has 1 aliphatic rings. The van der Waals surface area contributed by atoms with Gasteiger partial charge in [-0.1, -0.05) is 41.4 Å². The minimum Gasteiger partial charge on any atom is -0.368 e. The Morgan fingerprint density at radius 3 is 2.40 bits per heavy atom. The summed E-state index contributed by atoms with van der Waals surface area (Å²) in [5.41, 5.74) is 2.13. The maximum atomic E-state index is 12.7. The summed E-state index contributed by atoms with van der Waals surface area (Å²) in [6, 6.07) is 16.5. The van der Waals surface area contributed by atoms with Crippen molar-refractivity contribution in [2.45, 2.75) is 0 Å². The third kappa shape index (κ3) is 4.50. The first-order chi connectivity index (χ1) is 14.5. The number of anilines is 1. The van der Waals surface area contributed by atoms with Crippen molar-refractivity contribution in [3.63, 3.8) is 0 Å². The third-order valence-electron chi connectivity index (χ3n) is 5.15. The molecule has 3 aromatic rings. The summed E-state index contributed by atoms with van der Waals surface area (Å²) in [4.78, 5) is 33.5. The molecule has 0 aliphatic carbocycles. The Hall–Kier alpha value is -2.83. The number of nitrogens with one attached hydrogen (secondary N) is 1. The Bertz CT molecular complexity index is 1080. The Morgan fingerprint density at radius 1 is 0.967 bits per heavy atom. The molecule has 2 amide bonds. The van der Waals surface area contributed by atoms with Crippen LogP contribution < -0.4 is 10.2 Å². The van der Waals surface area contributed by atoms with Gasteiger partial charge in [0.25, 0.3) is 5.91 Å². The second-order valence-corrected chi connectivity index (χ2v) is 7.86. The lowest BCUT2D eigenvalue weighted by atomic mass is 10.1. The molecule has 1 N–H and O–H groups in total. The minimum atomic E-state index is -0.344. The van der Waals surface area contributed by atoms with Gasteiger partial charge >= 0.3 is 0 Å². The van der Waals surface area contributed by atoms with Gasteiger partial charge in [0.1, 0.15) is 5.15 Å². The van der Waals surface area contributed by atoms with Gasteiger partial charge in [-0.25, -0.2) is 4.98 Å². The molecule has 6 nitrogen and oxygen atoms in total. The van der Waals surface area contributed by atoms with E-state index in [1.54, 1.807) is 11.0 Å². The molecule has 0 radical (unpaired) electrons. The molecule has 1 saturated heterocycles. The van der Waals surface area contributed by atoms with E-state index in [9.17, 15) is 9.59 Å². The molecule has 1 aromatic heterocycles. The van der Waals surface area contributed by atoms with Crippen LogP contribution in [-0.2, 0) is 4.79 Å². The molecule has 0 unspecified atom stereocenters. The lowest BCUT2D eigenvalue weighted by Gasteiger charge is -2.36. The summed E-state index contributed by atoms with van der Waals surface area (Å²) in [5, 5.41) is 4.36. The number of carbonyl (C=O) groups excluding carboxylic acids is 2. The SMILES string of the molecule is O=C(NCC(=O)N1CCN(c2ccc(Cl)cc2)CC1)c1cc(Cl)nc2ccccc12. The molecule has 2 aromatic carbocycles. The van der Waals surface area contributed by atoms with E-state index >= 15 is 0 Å². The minimum absolute atomic E-state index is 0.0615. The van der Waals surface area contributed by atoms with Crippen molar-refractivity contribution in [1.82, 2.24) is 15.2 Å². The van der Waals surface area contributed by atoms with E-state index < -0.39 is 0 Å². The van der Waals surface area contributed by atoms with E-state index in [0.717, 1.165) is 18.8 Å². The smallest absolute Gasteiger partial charge is 0.252 e. The number of benzene rings is 2. The summed E-state index contributed by atoms with van der Waals surface area (Å²) < 4.78 is 0. The van der Waals surface area contributed by atoms with Crippen molar-refractivity contribution < 1.29 is 9.59 Å². The van der Waals surface area contributed by atoms with Crippen molar-refractivity contribution in [3.8, 4) is 0 Å². The number of hydrogen-bond donors (Lipinski definition) is 1. The zero-order valence-electron chi connectivity index (χ0n) is 16.1. The largest absolute Gasteiger partial charge is 0.368 e. The maximum absolute atomic E-state index is 12.7. The molecular weight excluding hydrogens is 423 g/mol. The highest BCUT2D eigenvalue weighted by atomic mass is 35.5. The number of halogens is 2. The van der Waals surface area contributed by atoms with Gasteiger partial charge < -0.3 is 15.1 Å². The number of para-hydroxylation sites is 1. The molecule has 0 saturated carbocycles. The highest BCUT2D eigenvalue weighted by Gasteiger charge is 2.22. The van der Waals surface area contributed by atoms with Gasteiger partial charge in [-0.2, -0.15) is 0 Å². The van der Waals surface area contributed by atoms with Crippen molar-refractivity contribution in [3.05, 3.63) is 70.3 Å². The number of piperazine rings is 1. The molecule has 1 aliphatic heterocycles. The molecule has 2 heterocycles. The van der Waals surface area contributed by atoms with Crippen molar-refractivity contribution in [2.24, 2.45) is 0 Å². The summed E-state index contributed by atoms with van der Waals surface area (Å²) >= 11 is 12.0. The number of carbonyl (C=O) groups is 2. The average Bonchev–Trinajstić information content (AvgIpc) is 2.77. The van der Waals surface area contributed by atoms with Crippen LogP contribution in [0.1, 0.15) is 10.4 Å². The van der Waals surface area contributed by atoms with Crippen LogP contribution in [0.15, 0.2) is 54.6 Å². The molecule has 1 fully saturated rings. The number of aromatic nitrogens is 1. The second-order valence-electron chi connectivity index (χ2n) is 7.04. The fraction of sp³-hybridized carbons (Fsp3) is 0.227. The van der Waals surface area contributed by atoms with Gasteiger partial charge in [0.05, 0.1) is 17.6 Å². The van der Waals surface area contributed by atoms with E-state index in [4.69, 9.17) is 23.2 Å². The molecular formula is C22H20Cl2N4O2. The highest BCUT2D eigenvalue weighted by molar-refractivity contribution is 6.31. The highest BCUT2D eigenvalue weighted by Crippen LogP contribution is 2.21. The van der Waals surface area contributed by atoms with Crippen LogP contribution in [0.4, 0.5) is 5.69 Å². The number of nitrogens with zero attached hydrogens (tertiary/aromatic N) is 3. The third-order valence-corrected chi connectivity index (χ3v) is 5.60. The van der Waals surface area contributed by atoms with Crippen LogP contribution in [0.25, 0.3) is 10.9 Å². The van der Waals surface area contributed by atoms with Crippen LogP contribution >= 0.6 is 23.2 Å². The van der Waals surface area contributed by atoms with Gasteiger partial charge in [-0.15, -0.1) is 0 Å². The van der Waals surface area contributed by atoms with Crippen LogP contribution in [0.5, 0.6) is 0 Å². The Morgan fingerprint density at radius 2 is 1.67 bits per heavy atom. The monoisotopic (exact) mass is 442 g/mol. The molecule has 8 heteroatoms. The first-order valence-corrected chi connectivity index (χ1v) is 10.4.